The minimum atomic E-state index is -0.204. The Labute approximate surface area is 118 Å². The van der Waals surface area contributed by atoms with Gasteiger partial charge in [0.1, 0.15) is 5.76 Å². The van der Waals surface area contributed by atoms with Crippen LogP contribution in [-0.4, -0.2) is 20.8 Å². The Morgan fingerprint density at radius 1 is 1.40 bits per heavy atom. The van der Waals surface area contributed by atoms with E-state index in [0.29, 0.717) is 18.1 Å². The second-order valence-corrected chi connectivity index (χ2v) is 5.19. The van der Waals surface area contributed by atoms with Crippen LogP contribution in [0, 0.1) is 33.6 Å². The number of carbonyl (C=O) groups excluding carboxylic acids is 1. The molecule has 2 aromatic heterocycles. The minimum absolute atomic E-state index is 0.0940. The first-order chi connectivity index (χ1) is 9.38. The van der Waals surface area contributed by atoms with Crippen molar-refractivity contribution in [2.24, 2.45) is 5.92 Å². The van der Waals surface area contributed by atoms with Crippen molar-refractivity contribution in [2.75, 3.05) is 5.32 Å². The fourth-order valence-corrected chi connectivity index (χ4v) is 1.98. The molecule has 1 amide bonds. The zero-order chi connectivity index (χ0) is 14.9. The second kappa shape index (κ2) is 5.48. The van der Waals surface area contributed by atoms with Crippen molar-refractivity contribution in [2.45, 2.75) is 41.2 Å². The molecule has 0 aliphatic carbocycles. The number of hydrogen-bond donors (Lipinski definition) is 1. The molecule has 6 heteroatoms. The first-order valence-electron chi connectivity index (χ1n) is 6.63. The van der Waals surface area contributed by atoms with E-state index in [4.69, 9.17) is 4.52 Å². The van der Waals surface area contributed by atoms with Crippen LogP contribution < -0.4 is 5.32 Å². The van der Waals surface area contributed by atoms with Crippen molar-refractivity contribution in [3.05, 3.63) is 28.8 Å². The van der Waals surface area contributed by atoms with Crippen LogP contribution in [0.5, 0.6) is 0 Å². The average Bonchev–Trinajstić information content (AvgIpc) is 2.89. The molecule has 1 N–H and O–H groups in total. The predicted molar refractivity (Wildman–Crippen MR) is 75.5 cm³/mol. The van der Waals surface area contributed by atoms with Crippen LogP contribution in [0.4, 0.5) is 5.82 Å². The monoisotopic (exact) mass is 276 g/mol. The topological polar surface area (TPSA) is 73.0 Å². The molecular weight excluding hydrogens is 256 g/mol. The average molecular weight is 276 g/mol. The van der Waals surface area contributed by atoms with Gasteiger partial charge in [0.25, 0.3) is 0 Å². The highest BCUT2D eigenvalue weighted by atomic mass is 16.5. The lowest BCUT2D eigenvalue weighted by Gasteiger charge is -2.12. The fourth-order valence-electron chi connectivity index (χ4n) is 1.98. The van der Waals surface area contributed by atoms with E-state index in [0.717, 1.165) is 11.4 Å². The third-order valence-corrected chi connectivity index (χ3v) is 3.52. The highest BCUT2D eigenvalue weighted by Gasteiger charge is 2.17. The lowest BCUT2D eigenvalue weighted by Crippen LogP contribution is -2.25. The summed E-state index contributed by atoms with van der Waals surface area (Å²) in [7, 11) is 0. The SMILES string of the molecule is Cc1cc(NC(=O)[C@@H](C)Cn2nc(C)c(C)c2C)no1. The van der Waals surface area contributed by atoms with Crippen LogP contribution in [-0.2, 0) is 11.3 Å². The standard InChI is InChI=1S/C14H20N4O2/c1-8(7-18-12(5)10(3)11(4)16-18)14(19)15-13-6-9(2)20-17-13/h6,8H,7H2,1-5H3,(H,15,17,19)/t8-/m0/s1. The van der Waals surface area contributed by atoms with E-state index >= 15 is 0 Å². The molecule has 0 fully saturated rings. The van der Waals surface area contributed by atoms with Crippen LogP contribution in [0.3, 0.4) is 0 Å². The second-order valence-electron chi connectivity index (χ2n) is 5.19. The largest absolute Gasteiger partial charge is 0.360 e. The molecule has 2 aromatic rings. The molecule has 108 valence electrons. The van der Waals surface area contributed by atoms with E-state index in [1.165, 1.54) is 5.56 Å². The van der Waals surface area contributed by atoms with Crippen molar-refractivity contribution in [3.63, 3.8) is 0 Å². The molecule has 0 radical (unpaired) electrons. The summed E-state index contributed by atoms with van der Waals surface area (Å²) in [5, 5.41) is 10.9. The number of amides is 1. The number of nitrogens with zero attached hydrogens (tertiary/aromatic N) is 3. The van der Waals surface area contributed by atoms with E-state index < -0.39 is 0 Å². The van der Waals surface area contributed by atoms with Gasteiger partial charge in [-0.25, -0.2) is 0 Å². The van der Waals surface area contributed by atoms with Crippen molar-refractivity contribution < 1.29 is 9.32 Å². The summed E-state index contributed by atoms with van der Waals surface area (Å²) in [6.45, 7) is 10.2. The van der Waals surface area contributed by atoms with Crippen molar-refractivity contribution in [3.8, 4) is 0 Å². The molecule has 0 unspecified atom stereocenters. The first kappa shape index (κ1) is 14.3. The molecule has 2 rings (SSSR count). The quantitative estimate of drug-likeness (QED) is 0.930. The third kappa shape index (κ3) is 2.89. The van der Waals surface area contributed by atoms with Gasteiger partial charge < -0.3 is 9.84 Å². The molecule has 0 saturated heterocycles. The van der Waals surface area contributed by atoms with E-state index in [1.807, 2.05) is 32.4 Å². The normalized spacial score (nSPS) is 12.4. The number of carbonyl (C=O) groups is 1. The summed E-state index contributed by atoms with van der Waals surface area (Å²) >= 11 is 0. The van der Waals surface area contributed by atoms with Gasteiger partial charge in [-0.1, -0.05) is 12.1 Å². The van der Waals surface area contributed by atoms with E-state index in [1.54, 1.807) is 13.0 Å². The summed E-state index contributed by atoms with van der Waals surface area (Å²) < 4.78 is 6.80. The smallest absolute Gasteiger partial charge is 0.230 e. The highest BCUT2D eigenvalue weighted by molar-refractivity contribution is 5.91. The van der Waals surface area contributed by atoms with Crippen LogP contribution in [0.1, 0.15) is 29.6 Å². The van der Waals surface area contributed by atoms with Gasteiger partial charge in [0.15, 0.2) is 5.82 Å². The van der Waals surface area contributed by atoms with Crippen LogP contribution in [0.25, 0.3) is 0 Å². The van der Waals surface area contributed by atoms with Gasteiger partial charge in [-0.05, 0) is 33.3 Å². The zero-order valence-corrected chi connectivity index (χ0v) is 12.5. The van der Waals surface area contributed by atoms with Crippen LogP contribution >= 0.6 is 0 Å². The molecule has 0 aliphatic heterocycles. The Balaban J connectivity index is 2.02. The molecule has 20 heavy (non-hydrogen) atoms. The summed E-state index contributed by atoms with van der Waals surface area (Å²) in [6, 6.07) is 1.69. The number of rotatable bonds is 4. The number of aryl methyl sites for hydroxylation is 2. The van der Waals surface area contributed by atoms with Crippen LogP contribution in [0.15, 0.2) is 10.6 Å². The van der Waals surface area contributed by atoms with Gasteiger partial charge in [0.2, 0.25) is 5.91 Å². The van der Waals surface area contributed by atoms with Crippen molar-refractivity contribution in [1.29, 1.82) is 0 Å². The van der Waals surface area contributed by atoms with Gasteiger partial charge in [-0.15, -0.1) is 0 Å². The lowest BCUT2D eigenvalue weighted by molar-refractivity contribution is -0.119. The molecule has 0 spiro atoms. The maximum Gasteiger partial charge on any atom is 0.230 e. The van der Waals surface area contributed by atoms with Crippen molar-refractivity contribution in [1.82, 2.24) is 14.9 Å². The Hall–Kier alpha value is -2.11. The maximum atomic E-state index is 12.1. The number of hydrogen-bond acceptors (Lipinski definition) is 4. The van der Waals surface area contributed by atoms with Crippen LogP contribution in [0.2, 0.25) is 0 Å². The number of anilines is 1. The summed E-state index contributed by atoms with van der Waals surface area (Å²) in [6.07, 6.45) is 0. The highest BCUT2D eigenvalue weighted by Crippen LogP contribution is 2.14. The predicted octanol–water partition coefficient (Wildman–Crippen LogP) is 2.38. The molecule has 2 heterocycles. The summed E-state index contributed by atoms with van der Waals surface area (Å²) in [5.41, 5.74) is 3.27. The van der Waals surface area contributed by atoms with Gasteiger partial charge >= 0.3 is 0 Å². The first-order valence-corrected chi connectivity index (χ1v) is 6.63. The van der Waals surface area contributed by atoms with Gasteiger partial charge in [0.05, 0.1) is 18.2 Å². The Kier molecular flexibility index (Phi) is 3.92. The Morgan fingerprint density at radius 2 is 2.10 bits per heavy atom. The van der Waals surface area contributed by atoms with Gasteiger partial charge in [-0.2, -0.15) is 5.10 Å². The number of aromatic nitrogens is 3. The minimum Gasteiger partial charge on any atom is -0.360 e. The summed E-state index contributed by atoms with van der Waals surface area (Å²) in [5.74, 6) is 0.818. The molecule has 0 aromatic carbocycles. The molecule has 1 atom stereocenters. The van der Waals surface area contributed by atoms with E-state index in [-0.39, 0.29) is 11.8 Å². The molecule has 6 nitrogen and oxygen atoms in total. The zero-order valence-electron chi connectivity index (χ0n) is 12.5. The molecule has 0 saturated carbocycles. The molecular formula is C14H20N4O2. The Morgan fingerprint density at radius 3 is 2.60 bits per heavy atom. The van der Waals surface area contributed by atoms with Gasteiger partial charge in [0, 0.05) is 11.8 Å². The van der Waals surface area contributed by atoms with Crippen molar-refractivity contribution >= 4 is 11.7 Å². The molecule has 0 bridgehead atoms. The maximum absolute atomic E-state index is 12.1. The van der Waals surface area contributed by atoms with E-state index in [2.05, 4.69) is 15.6 Å². The summed E-state index contributed by atoms with van der Waals surface area (Å²) in [4.78, 5) is 12.1. The van der Waals surface area contributed by atoms with E-state index in [9.17, 15) is 4.79 Å². The van der Waals surface area contributed by atoms with Gasteiger partial charge in [-0.3, -0.25) is 9.48 Å². The Bertz CT molecular complexity index is 627. The molecule has 0 aliphatic rings. The third-order valence-electron chi connectivity index (χ3n) is 3.52. The fraction of sp³-hybridized carbons (Fsp3) is 0.500. The number of nitrogens with one attached hydrogen (secondary N) is 1. The lowest BCUT2D eigenvalue weighted by atomic mass is 10.1.